The van der Waals surface area contributed by atoms with Gasteiger partial charge in [0.15, 0.2) is 18.4 Å². The number of fused-ring (bicyclic) bond motifs is 2. The predicted octanol–water partition coefficient (Wildman–Crippen LogP) is 3.29. The lowest BCUT2D eigenvalue weighted by Crippen LogP contribution is -2.30. The fourth-order valence-corrected chi connectivity index (χ4v) is 3.48. The molecule has 0 aromatic heterocycles. The Balaban J connectivity index is 1.99. The molecular formula is C23H28O8. The van der Waals surface area contributed by atoms with E-state index in [4.69, 9.17) is 28.4 Å². The Labute approximate surface area is 181 Å². The van der Waals surface area contributed by atoms with Crippen LogP contribution in [0.5, 0.6) is 11.5 Å². The molecule has 0 radical (unpaired) electrons. The molecule has 3 rings (SSSR count). The van der Waals surface area contributed by atoms with Crippen LogP contribution in [0.3, 0.4) is 0 Å². The average Bonchev–Trinajstić information content (AvgIpc) is 3.05. The van der Waals surface area contributed by atoms with E-state index in [9.17, 15) is 9.59 Å². The number of cyclic esters (lactones) is 1. The van der Waals surface area contributed by atoms with Crippen molar-refractivity contribution < 1.29 is 38.0 Å². The van der Waals surface area contributed by atoms with Crippen molar-refractivity contribution in [2.24, 2.45) is 0 Å². The highest BCUT2D eigenvalue weighted by Gasteiger charge is 2.43. The minimum Gasteiger partial charge on any atom is -0.497 e. The van der Waals surface area contributed by atoms with Crippen LogP contribution < -0.4 is 9.47 Å². The largest absolute Gasteiger partial charge is 0.497 e. The molecule has 0 N–H and O–H groups in total. The van der Waals surface area contributed by atoms with Crippen molar-refractivity contribution in [1.82, 2.24) is 0 Å². The van der Waals surface area contributed by atoms with Gasteiger partial charge in [0.1, 0.15) is 23.2 Å². The second kappa shape index (κ2) is 10.1. The SMILES string of the molecule is COCOc1cc(OC)cc2c1C(=O)OCC/C=C\C(=O)C1OC(C)(C)O[C@@H]1C/C=C/2. The Morgan fingerprint density at radius 3 is 2.65 bits per heavy atom. The molecule has 1 unspecified atom stereocenters. The van der Waals surface area contributed by atoms with Gasteiger partial charge in [-0.05, 0) is 44.4 Å². The summed E-state index contributed by atoms with van der Waals surface area (Å²) in [5, 5.41) is 0. The first-order chi connectivity index (χ1) is 14.8. The fraction of sp³-hybridized carbons (Fsp3) is 0.478. The van der Waals surface area contributed by atoms with Crippen LogP contribution in [0.25, 0.3) is 6.08 Å². The monoisotopic (exact) mass is 432 g/mol. The zero-order valence-electron chi connectivity index (χ0n) is 18.2. The lowest BCUT2D eigenvalue weighted by molar-refractivity contribution is -0.152. The normalized spacial score (nSPS) is 25.5. The lowest BCUT2D eigenvalue weighted by Gasteiger charge is -2.16. The van der Waals surface area contributed by atoms with E-state index in [0.717, 1.165) is 0 Å². The number of hydrogen-bond acceptors (Lipinski definition) is 8. The molecule has 2 aliphatic rings. The van der Waals surface area contributed by atoms with Crippen LogP contribution in [0.4, 0.5) is 0 Å². The number of hydrogen-bond donors (Lipinski definition) is 0. The fourth-order valence-electron chi connectivity index (χ4n) is 3.48. The Morgan fingerprint density at radius 2 is 1.90 bits per heavy atom. The highest BCUT2D eigenvalue weighted by Crippen LogP contribution is 2.33. The van der Waals surface area contributed by atoms with Crippen LogP contribution in [0.2, 0.25) is 0 Å². The van der Waals surface area contributed by atoms with E-state index in [1.807, 2.05) is 6.08 Å². The average molecular weight is 432 g/mol. The summed E-state index contributed by atoms with van der Waals surface area (Å²) >= 11 is 0. The van der Waals surface area contributed by atoms with Gasteiger partial charge in [-0.2, -0.15) is 0 Å². The van der Waals surface area contributed by atoms with Gasteiger partial charge in [0.25, 0.3) is 0 Å². The molecule has 8 nitrogen and oxygen atoms in total. The number of ether oxygens (including phenoxy) is 6. The summed E-state index contributed by atoms with van der Waals surface area (Å²) in [5.74, 6) is -0.763. The first-order valence-electron chi connectivity index (χ1n) is 10.1. The molecule has 0 aliphatic carbocycles. The molecule has 1 saturated heterocycles. The van der Waals surface area contributed by atoms with E-state index in [0.29, 0.717) is 29.9 Å². The van der Waals surface area contributed by atoms with Gasteiger partial charge in [-0.25, -0.2) is 4.79 Å². The van der Waals surface area contributed by atoms with Gasteiger partial charge in [-0.1, -0.05) is 18.2 Å². The van der Waals surface area contributed by atoms with Crippen molar-refractivity contribution in [1.29, 1.82) is 0 Å². The van der Waals surface area contributed by atoms with Crippen molar-refractivity contribution in [3.8, 4) is 11.5 Å². The maximum atomic E-state index is 12.8. The number of carbonyl (C=O) groups excluding carboxylic acids is 2. The van der Waals surface area contributed by atoms with Crippen molar-refractivity contribution in [2.45, 2.75) is 44.7 Å². The third-order valence-electron chi connectivity index (χ3n) is 4.81. The number of esters is 1. The molecule has 8 heteroatoms. The van der Waals surface area contributed by atoms with Crippen LogP contribution in [-0.2, 0) is 23.7 Å². The van der Waals surface area contributed by atoms with Gasteiger partial charge >= 0.3 is 5.97 Å². The molecule has 0 bridgehead atoms. The Morgan fingerprint density at radius 1 is 1.10 bits per heavy atom. The summed E-state index contributed by atoms with van der Waals surface area (Å²) in [7, 11) is 3.02. The standard InChI is InChI=1S/C23H28O8/c1-23(2)30-18-10-7-8-15-12-16(27-4)13-19(29-14-26-3)20(15)22(25)28-11-6-5-9-17(24)21(18)31-23/h5,7-9,12-13,18,21H,6,10-11,14H2,1-4H3/b8-7+,9-5-/t18-,21?/m1/s1. The topological polar surface area (TPSA) is 89.5 Å². The van der Waals surface area contributed by atoms with Crippen LogP contribution in [0.15, 0.2) is 30.4 Å². The van der Waals surface area contributed by atoms with Gasteiger partial charge in [-0.3, -0.25) is 4.79 Å². The summed E-state index contributed by atoms with van der Waals surface area (Å²) in [6.45, 7) is 3.63. The zero-order valence-corrected chi connectivity index (χ0v) is 18.2. The quantitative estimate of drug-likeness (QED) is 0.529. The molecule has 1 aromatic rings. The lowest BCUT2D eigenvalue weighted by atomic mass is 10.0. The molecule has 168 valence electrons. The summed E-state index contributed by atoms with van der Waals surface area (Å²) in [6, 6.07) is 3.33. The zero-order chi connectivity index (χ0) is 22.4. The van der Waals surface area contributed by atoms with Crippen molar-refractivity contribution in [3.05, 3.63) is 41.5 Å². The first-order valence-corrected chi connectivity index (χ1v) is 10.1. The second-order valence-corrected chi connectivity index (χ2v) is 7.60. The van der Waals surface area contributed by atoms with Gasteiger partial charge in [-0.15, -0.1) is 0 Å². The molecule has 2 heterocycles. The molecule has 0 spiro atoms. The Bertz CT molecular complexity index is 871. The molecule has 0 amide bonds. The molecule has 0 saturated carbocycles. The molecule has 1 fully saturated rings. The summed E-state index contributed by atoms with van der Waals surface area (Å²) < 4.78 is 33.1. The van der Waals surface area contributed by atoms with Crippen LogP contribution in [-0.4, -0.2) is 57.4 Å². The van der Waals surface area contributed by atoms with Gasteiger partial charge in [0.2, 0.25) is 0 Å². The van der Waals surface area contributed by atoms with E-state index in [-0.39, 0.29) is 24.7 Å². The van der Waals surface area contributed by atoms with Crippen LogP contribution >= 0.6 is 0 Å². The van der Waals surface area contributed by atoms with E-state index in [2.05, 4.69) is 0 Å². The number of ketones is 1. The Kier molecular flexibility index (Phi) is 7.48. The number of carbonyl (C=O) groups is 2. The second-order valence-electron chi connectivity index (χ2n) is 7.60. The number of rotatable bonds is 4. The van der Waals surface area contributed by atoms with Crippen LogP contribution in [0, 0.1) is 0 Å². The van der Waals surface area contributed by atoms with E-state index in [1.54, 1.807) is 38.1 Å². The smallest absolute Gasteiger partial charge is 0.342 e. The molecule has 2 atom stereocenters. The van der Waals surface area contributed by atoms with E-state index < -0.39 is 24.0 Å². The maximum Gasteiger partial charge on any atom is 0.342 e. The van der Waals surface area contributed by atoms with Crippen molar-refractivity contribution in [2.75, 3.05) is 27.6 Å². The minimum atomic E-state index is -0.859. The maximum absolute atomic E-state index is 12.8. The summed E-state index contributed by atoms with van der Waals surface area (Å²) in [4.78, 5) is 25.4. The number of methoxy groups -OCH3 is 2. The van der Waals surface area contributed by atoms with E-state index in [1.165, 1.54) is 20.3 Å². The Hall–Kier alpha value is -2.68. The number of benzene rings is 1. The third-order valence-corrected chi connectivity index (χ3v) is 4.81. The minimum absolute atomic E-state index is 0.0362. The van der Waals surface area contributed by atoms with Crippen LogP contribution in [0.1, 0.15) is 42.6 Å². The molecule has 1 aromatic carbocycles. The van der Waals surface area contributed by atoms with E-state index >= 15 is 0 Å². The van der Waals surface area contributed by atoms with Gasteiger partial charge < -0.3 is 28.4 Å². The highest BCUT2D eigenvalue weighted by atomic mass is 16.8. The van der Waals surface area contributed by atoms with Gasteiger partial charge in [0.05, 0.1) is 19.8 Å². The highest BCUT2D eigenvalue weighted by molar-refractivity contribution is 5.97. The molecule has 31 heavy (non-hydrogen) atoms. The molecular weight excluding hydrogens is 404 g/mol. The van der Waals surface area contributed by atoms with Crippen molar-refractivity contribution >= 4 is 17.8 Å². The van der Waals surface area contributed by atoms with Crippen molar-refractivity contribution in [3.63, 3.8) is 0 Å². The third kappa shape index (κ3) is 5.72. The predicted molar refractivity (Wildman–Crippen MR) is 112 cm³/mol. The molecule has 2 aliphatic heterocycles. The van der Waals surface area contributed by atoms with Gasteiger partial charge in [0, 0.05) is 13.2 Å². The first kappa shape index (κ1) is 23.0. The summed E-state index contributed by atoms with van der Waals surface area (Å²) in [5.41, 5.74) is 0.829. The summed E-state index contributed by atoms with van der Waals surface area (Å²) in [6.07, 6.45) is 6.36.